The number of carbonyl (C=O) groups is 1. The van der Waals surface area contributed by atoms with E-state index in [0.717, 1.165) is 12.1 Å². The third-order valence-corrected chi connectivity index (χ3v) is 3.70. The molecule has 7 heteroatoms. The summed E-state index contributed by atoms with van der Waals surface area (Å²) in [5.74, 6) is -2.32. The van der Waals surface area contributed by atoms with E-state index in [-0.39, 0.29) is 29.5 Å². The van der Waals surface area contributed by atoms with Crippen LogP contribution in [-0.2, 0) is 4.74 Å². The van der Waals surface area contributed by atoms with Gasteiger partial charge in [-0.2, -0.15) is 0 Å². The van der Waals surface area contributed by atoms with Crippen LogP contribution in [0.2, 0.25) is 0 Å². The first-order valence-electron chi connectivity index (χ1n) is 5.63. The molecule has 1 atom stereocenters. The molecule has 1 saturated heterocycles. The van der Waals surface area contributed by atoms with Gasteiger partial charge in [-0.05, 0) is 12.1 Å². The van der Waals surface area contributed by atoms with Crippen molar-refractivity contribution in [2.75, 3.05) is 25.6 Å². The molecule has 1 unspecified atom stereocenters. The van der Waals surface area contributed by atoms with Gasteiger partial charge in [-0.15, -0.1) is 11.6 Å². The van der Waals surface area contributed by atoms with Crippen molar-refractivity contribution in [1.29, 1.82) is 0 Å². The van der Waals surface area contributed by atoms with Crippen LogP contribution in [0.3, 0.4) is 0 Å². The predicted molar refractivity (Wildman–Crippen MR) is 70.4 cm³/mol. The number of ether oxygens (including phenoxy) is 1. The van der Waals surface area contributed by atoms with Crippen molar-refractivity contribution >= 4 is 33.4 Å². The minimum absolute atomic E-state index is 0.158. The molecule has 2 rings (SSSR count). The molecule has 1 heterocycles. The summed E-state index contributed by atoms with van der Waals surface area (Å²) in [6.07, 6.45) is 0. The maximum absolute atomic E-state index is 13.8. The molecule has 1 fully saturated rings. The van der Waals surface area contributed by atoms with Gasteiger partial charge in [-0.25, -0.2) is 8.78 Å². The minimum Gasteiger partial charge on any atom is -0.377 e. The molecule has 0 bridgehead atoms. The van der Waals surface area contributed by atoms with Crippen LogP contribution >= 0.6 is 27.5 Å². The molecular formula is C12H11BrClF2NO2. The van der Waals surface area contributed by atoms with Crippen molar-refractivity contribution in [2.24, 2.45) is 0 Å². The van der Waals surface area contributed by atoms with Crippen molar-refractivity contribution < 1.29 is 18.3 Å². The van der Waals surface area contributed by atoms with Gasteiger partial charge in [0.2, 0.25) is 0 Å². The van der Waals surface area contributed by atoms with Crippen LogP contribution in [0.25, 0.3) is 0 Å². The molecule has 19 heavy (non-hydrogen) atoms. The normalized spacial score (nSPS) is 19.6. The Balaban J connectivity index is 2.33. The minimum atomic E-state index is -0.892. The number of benzene rings is 1. The zero-order valence-electron chi connectivity index (χ0n) is 9.84. The van der Waals surface area contributed by atoms with E-state index < -0.39 is 23.1 Å². The van der Waals surface area contributed by atoms with E-state index >= 15 is 0 Å². The summed E-state index contributed by atoms with van der Waals surface area (Å²) in [5, 5.41) is 0. The summed E-state index contributed by atoms with van der Waals surface area (Å²) < 4.78 is 33.0. The fourth-order valence-corrected chi connectivity index (χ4v) is 2.60. The monoisotopic (exact) mass is 353 g/mol. The van der Waals surface area contributed by atoms with E-state index in [4.69, 9.17) is 16.3 Å². The number of amides is 1. The summed E-state index contributed by atoms with van der Waals surface area (Å²) in [6, 6.07) is 1.75. The number of hydrogen-bond acceptors (Lipinski definition) is 2. The maximum atomic E-state index is 13.8. The van der Waals surface area contributed by atoms with Gasteiger partial charge in [0.15, 0.2) is 0 Å². The highest BCUT2D eigenvalue weighted by molar-refractivity contribution is 9.10. The lowest BCUT2D eigenvalue weighted by Crippen LogP contribution is -2.50. The Hall–Kier alpha value is -0.720. The van der Waals surface area contributed by atoms with E-state index in [9.17, 15) is 13.6 Å². The van der Waals surface area contributed by atoms with Crippen molar-refractivity contribution in [3.8, 4) is 0 Å². The quantitative estimate of drug-likeness (QED) is 0.765. The predicted octanol–water partition coefficient (Wildman–Crippen LogP) is 2.81. The molecular weight excluding hydrogens is 343 g/mol. The van der Waals surface area contributed by atoms with Crippen LogP contribution in [0.1, 0.15) is 10.4 Å². The van der Waals surface area contributed by atoms with Crippen LogP contribution in [0.4, 0.5) is 8.78 Å². The second-order valence-corrected chi connectivity index (χ2v) is 5.35. The number of hydrogen-bond donors (Lipinski definition) is 0. The standard InChI is InChI=1S/C12H11BrClF2NO2/c13-7-3-9(15)11(10(16)4-7)12(18)17-1-2-19-6-8(17)5-14/h3-4,8H,1-2,5-6H2. The topological polar surface area (TPSA) is 29.5 Å². The molecule has 1 aliphatic heterocycles. The van der Waals surface area contributed by atoms with Gasteiger partial charge in [-0.3, -0.25) is 4.79 Å². The lowest BCUT2D eigenvalue weighted by atomic mass is 10.1. The van der Waals surface area contributed by atoms with Crippen LogP contribution in [0, 0.1) is 11.6 Å². The Kier molecular flexibility index (Phi) is 4.76. The molecule has 0 radical (unpaired) electrons. The van der Waals surface area contributed by atoms with Gasteiger partial charge in [-0.1, -0.05) is 15.9 Å². The smallest absolute Gasteiger partial charge is 0.260 e. The van der Waals surface area contributed by atoms with Crippen molar-refractivity contribution in [3.05, 3.63) is 33.8 Å². The number of carbonyl (C=O) groups excluding carboxylic acids is 1. The SMILES string of the molecule is O=C(c1c(F)cc(Br)cc1F)N1CCOCC1CCl. The molecule has 0 spiro atoms. The third kappa shape index (κ3) is 3.07. The molecule has 0 N–H and O–H groups in total. The number of alkyl halides is 1. The average molecular weight is 355 g/mol. The van der Waals surface area contributed by atoms with Gasteiger partial charge in [0.25, 0.3) is 5.91 Å². The summed E-state index contributed by atoms with van der Waals surface area (Å²) in [4.78, 5) is 13.6. The second kappa shape index (κ2) is 6.15. The number of morpholine rings is 1. The molecule has 1 aliphatic rings. The summed E-state index contributed by atoms with van der Waals surface area (Å²) in [5.41, 5.74) is -0.555. The summed E-state index contributed by atoms with van der Waals surface area (Å²) in [6.45, 7) is 0.874. The number of rotatable bonds is 2. The van der Waals surface area contributed by atoms with Gasteiger partial charge < -0.3 is 9.64 Å². The van der Waals surface area contributed by atoms with Gasteiger partial charge in [0, 0.05) is 16.9 Å². The van der Waals surface area contributed by atoms with Crippen molar-refractivity contribution in [1.82, 2.24) is 4.90 Å². The van der Waals surface area contributed by atoms with Gasteiger partial charge >= 0.3 is 0 Å². The molecule has 0 aromatic heterocycles. The van der Waals surface area contributed by atoms with Crippen LogP contribution < -0.4 is 0 Å². The summed E-state index contributed by atoms with van der Waals surface area (Å²) >= 11 is 8.71. The highest BCUT2D eigenvalue weighted by atomic mass is 79.9. The van der Waals surface area contributed by atoms with Crippen LogP contribution in [-0.4, -0.2) is 42.5 Å². The molecule has 1 aromatic carbocycles. The van der Waals surface area contributed by atoms with Crippen molar-refractivity contribution in [2.45, 2.75) is 6.04 Å². The van der Waals surface area contributed by atoms with E-state index in [2.05, 4.69) is 15.9 Å². The first-order valence-corrected chi connectivity index (χ1v) is 6.96. The van der Waals surface area contributed by atoms with E-state index in [1.165, 1.54) is 4.90 Å². The van der Waals surface area contributed by atoms with Crippen molar-refractivity contribution in [3.63, 3.8) is 0 Å². The first kappa shape index (κ1) is 14.7. The third-order valence-electron chi connectivity index (χ3n) is 2.89. The summed E-state index contributed by atoms with van der Waals surface area (Å²) in [7, 11) is 0. The lowest BCUT2D eigenvalue weighted by Gasteiger charge is -2.34. The Labute approximate surface area is 122 Å². The Morgan fingerprint density at radius 3 is 2.68 bits per heavy atom. The fraction of sp³-hybridized carbons (Fsp3) is 0.417. The number of halogens is 4. The number of nitrogens with zero attached hydrogens (tertiary/aromatic N) is 1. The molecule has 0 saturated carbocycles. The average Bonchev–Trinajstić information content (AvgIpc) is 2.37. The molecule has 3 nitrogen and oxygen atoms in total. The van der Waals surface area contributed by atoms with Crippen LogP contribution in [0.5, 0.6) is 0 Å². The zero-order chi connectivity index (χ0) is 14.0. The Morgan fingerprint density at radius 1 is 1.47 bits per heavy atom. The second-order valence-electron chi connectivity index (χ2n) is 4.13. The highest BCUT2D eigenvalue weighted by Crippen LogP contribution is 2.22. The van der Waals surface area contributed by atoms with E-state index in [1.54, 1.807) is 0 Å². The van der Waals surface area contributed by atoms with Crippen LogP contribution in [0.15, 0.2) is 16.6 Å². The Morgan fingerprint density at radius 2 is 2.11 bits per heavy atom. The Bertz CT molecular complexity index is 478. The lowest BCUT2D eigenvalue weighted by molar-refractivity contribution is 0.00405. The van der Waals surface area contributed by atoms with E-state index in [1.807, 2.05) is 0 Å². The molecule has 0 aliphatic carbocycles. The fourth-order valence-electron chi connectivity index (χ4n) is 1.94. The zero-order valence-corrected chi connectivity index (χ0v) is 12.2. The maximum Gasteiger partial charge on any atom is 0.260 e. The largest absolute Gasteiger partial charge is 0.377 e. The van der Waals surface area contributed by atoms with E-state index in [0.29, 0.717) is 6.61 Å². The molecule has 1 amide bonds. The highest BCUT2D eigenvalue weighted by Gasteiger charge is 2.31. The first-order chi connectivity index (χ1) is 9.04. The molecule has 104 valence electrons. The van der Waals surface area contributed by atoms with Gasteiger partial charge in [0.05, 0.1) is 19.3 Å². The van der Waals surface area contributed by atoms with Gasteiger partial charge in [0.1, 0.15) is 17.2 Å². The molecule has 1 aromatic rings.